The van der Waals surface area contributed by atoms with Crippen LogP contribution in [-0.4, -0.2) is 41.4 Å². The van der Waals surface area contributed by atoms with E-state index in [1.54, 1.807) is 0 Å². The van der Waals surface area contributed by atoms with Crippen LogP contribution in [-0.2, 0) is 4.79 Å². The van der Waals surface area contributed by atoms with E-state index in [2.05, 4.69) is 24.2 Å². The Hall–Kier alpha value is -0.260. The molecule has 1 heterocycles. The first-order chi connectivity index (χ1) is 7.16. The Labute approximate surface area is 95.9 Å². The zero-order valence-corrected chi connectivity index (χ0v) is 10.3. The fraction of sp³-hybridized carbons (Fsp3) is 0.900. The van der Waals surface area contributed by atoms with Gasteiger partial charge < -0.3 is 0 Å². The molecule has 0 saturated carbocycles. The van der Waals surface area contributed by atoms with Crippen molar-refractivity contribution in [2.75, 3.05) is 24.6 Å². The molecule has 1 unspecified atom stereocenters. The molecule has 0 radical (unpaired) electrons. The molecular formula is C10H21N3OS. The predicted octanol–water partition coefficient (Wildman–Crippen LogP) is 0.440. The molecule has 88 valence electrons. The summed E-state index contributed by atoms with van der Waals surface area (Å²) in [5.74, 6) is 7.78. The number of nitrogens with one attached hydrogen (secondary N) is 1. The molecule has 1 saturated heterocycles. The summed E-state index contributed by atoms with van der Waals surface area (Å²) in [5, 5.41) is 0. The van der Waals surface area contributed by atoms with Crippen molar-refractivity contribution in [3.63, 3.8) is 0 Å². The molecular weight excluding hydrogens is 210 g/mol. The number of amides is 1. The number of carbonyl (C=O) groups excluding carboxylic acids is 1. The standard InChI is InChI=1S/C10H21N3OS/c1-8(2)9(10(14)12-11)13-4-3-6-15-7-5-13/h8-9H,3-7,11H2,1-2H3,(H,12,14). The molecule has 0 aromatic carbocycles. The van der Waals surface area contributed by atoms with Gasteiger partial charge in [0.05, 0.1) is 6.04 Å². The number of hydrogen-bond donors (Lipinski definition) is 2. The maximum Gasteiger partial charge on any atom is 0.251 e. The first-order valence-corrected chi connectivity index (χ1v) is 6.64. The van der Waals surface area contributed by atoms with Crippen molar-refractivity contribution in [1.29, 1.82) is 0 Å². The summed E-state index contributed by atoms with van der Waals surface area (Å²) in [4.78, 5) is 13.9. The van der Waals surface area contributed by atoms with E-state index in [1.165, 1.54) is 5.75 Å². The van der Waals surface area contributed by atoms with Gasteiger partial charge in [-0.2, -0.15) is 11.8 Å². The maximum absolute atomic E-state index is 11.7. The normalized spacial score (nSPS) is 21.1. The molecule has 1 aliphatic rings. The molecule has 4 nitrogen and oxygen atoms in total. The zero-order chi connectivity index (χ0) is 11.3. The van der Waals surface area contributed by atoms with Gasteiger partial charge in [-0.3, -0.25) is 15.1 Å². The SMILES string of the molecule is CC(C)C(C(=O)NN)N1CCCSCC1. The summed E-state index contributed by atoms with van der Waals surface area (Å²) in [6.45, 7) is 6.13. The Morgan fingerprint density at radius 1 is 1.40 bits per heavy atom. The van der Waals surface area contributed by atoms with Gasteiger partial charge in [0.2, 0.25) is 0 Å². The van der Waals surface area contributed by atoms with Crippen LogP contribution in [0.15, 0.2) is 0 Å². The molecule has 1 fully saturated rings. The van der Waals surface area contributed by atoms with Crippen molar-refractivity contribution in [2.24, 2.45) is 11.8 Å². The molecule has 0 bridgehead atoms. The lowest BCUT2D eigenvalue weighted by Crippen LogP contribution is -2.52. The van der Waals surface area contributed by atoms with Gasteiger partial charge in [0.25, 0.3) is 5.91 Å². The Kier molecular flexibility index (Phi) is 5.42. The second kappa shape index (κ2) is 6.35. The third-order valence-electron chi connectivity index (χ3n) is 2.69. The van der Waals surface area contributed by atoms with Gasteiger partial charge in [-0.05, 0) is 24.6 Å². The van der Waals surface area contributed by atoms with Crippen molar-refractivity contribution in [3.8, 4) is 0 Å². The van der Waals surface area contributed by atoms with Gasteiger partial charge in [-0.15, -0.1) is 0 Å². The highest BCUT2D eigenvalue weighted by Crippen LogP contribution is 2.17. The molecule has 1 amide bonds. The number of nitrogens with two attached hydrogens (primary N) is 1. The molecule has 1 atom stereocenters. The van der Waals surface area contributed by atoms with Gasteiger partial charge in [0.1, 0.15) is 0 Å². The molecule has 1 aliphatic heterocycles. The quantitative estimate of drug-likeness (QED) is 0.420. The number of hydrogen-bond acceptors (Lipinski definition) is 4. The lowest BCUT2D eigenvalue weighted by Gasteiger charge is -2.31. The van der Waals surface area contributed by atoms with Gasteiger partial charge in [-0.1, -0.05) is 13.8 Å². The van der Waals surface area contributed by atoms with E-state index < -0.39 is 0 Å². The number of thioether (sulfide) groups is 1. The highest BCUT2D eigenvalue weighted by atomic mass is 32.2. The molecule has 0 spiro atoms. The number of hydrazine groups is 1. The van der Waals surface area contributed by atoms with E-state index in [-0.39, 0.29) is 11.9 Å². The molecule has 1 rings (SSSR count). The average molecular weight is 231 g/mol. The molecule has 5 heteroatoms. The summed E-state index contributed by atoms with van der Waals surface area (Å²) < 4.78 is 0. The number of carbonyl (C=O) groups is 1. The molecule has 0 aromatic heterocycles. The van der Waals surface area contributed by atoms with Crippen LogP contribution in [0.4, 0.5) is 0 Å². The Balaban J connectivity index is 2.64. The van der Waals surface area contributed by atoms with E-state index in [1.807, 2.05) is 11.8 Å². The van der Waals surface area contributed by atoms with Gasteiger partial charge in [0, 0.05) is 12.3 Å². The monoisotopic (exact) mass is 231 g/mol. The highest BCUT2D eigenvalue weighted by molar-refractivity contribution is 7.99. The van der Waals surface area contributed by atoms with Gasteiger partial charge in [0.15, 0.2) is 0 Å². The fourth-order valence-electron chi connectivity index (χ4n) is 2.02. The highest BCUT2D eigenvalue weighted by Gasteiger charge is 2.28. The molecule has 0 aromatic rings. The minimum absolute atomic E-state index is 0.0584. The van der Waals surface area contributed by atoms with Crippen LogP contribution in [0.3, 0.4) is 0 Å². The van der Waals surface area contributed by atoms with Gasteiger partial charge >= 0.3 is 0 Å². The van der Waals surface area contributed by atoms with Crippen LogP contribution >= 0.6 is 11.8 Å². The Bertz CT molecular complexity index is 203. The number of rotatable bonds is 3. The Morgan fingerprint density at radius 3 is 2.73 bits per heavy atom. The third kappa shape index (κ3) is 3.66. The van der Waals surface area contributed by atoms with E-state index in [0.29, 0.717) is 5.92 Å². The van der Waals surface area contributed by atoms with Crippen LogP contribution in [0.2, 0.25) is 0 Å². The van der Waals surface area contributed by atoms with E-state index >= 15 is 0 Å². The summed E-state index contributed by atoms with van der Waals surface area (Å²) in [5.41, 5.74) is 2.28. The predicted molar refractivity (Wildman–Crippen MR) is 64.5 cm³/mol. The van der Waals surface area contributed by atoms with Crippen molar-refractivity contribution < 1.29 is 4.79 Å². The van der Waals surface area contributed by atoms with Crippen LogP contribution in [0, 0.1) is 5.92 Å². The largest absolute Gasteiger partial charge is 0.293 e. The molecule has 15 heavy (non-hydrogen) atoms. The fourth-order valence-corrected chi connectivity index (χ4v) is 2.92. The minimum atomic E-state index is -0.0753. The third-order valence-corrected chi connectivity index (χ3v) is 3.74. The first kappa shape index (κ1) is 12.8. The van der Waals surface area contributed by atoms with Crippen molar-refractivity contribution in [1.82, 2.24) is 10.3 Å². The second-order valence-electron chi connectivity index (χ2n) is 4.20. The number of nitrogens with zero attached hydrogens (tertiary/aromatic N) is 1. The van der Waals surface area contributed by atoms with E-state index in [0.717, 1.165) is 25.3 Å². The van der Waals surface area contributed by atoms with E-state index in [4.69, 9.17) is 5.84 Å². The lowest BCUT2D eigenvalue weighted by molar-refractivity contribution is -0.128. The maximum atomic E-state index is 11.7. The van der Waals surface area contributed by atoms with Crippen LogP contribution < -0.4 is 11.3 Å². The lowest BCUT2D eigenvalue weighted by atomic mass is 10.0. The van der Waals surface area contributed by atoms with Crippen molar-refractivity contribution in [2.45, 2.75) is 26.3 Å². The zero-order valence-electron chi connectivity index (χ0n) is 9.53. The van der Waals surface area contributed by atoms with Crippen molar-refractivity contribution in [3.05, 3.63) is 0 Å². The average Bonchev–Trinajstić information content (AvgIpc) is 2.46. The van der Waals surface area contributed by atoms with Crippen LogP contribution in [0.1, 0.15) is 20.3 Å². The summed E-state index contributed by atoms with van der Waals surface area (Å²) in [7, 11) is 0. The minimum Gasteiger partial charge on any atom is -0.293 e. The van der Waals surface area contributed by atoms with Crippen LogP contribution in [0.5, 0.6) is 0 Å². The van der Waals surface area contributed by atoms with Crippen molar-refractivity contribution >= 4 is 17.7 Å². The van der Waals surface area contributed by atoms with Gasteiger partial charge in [-0.25, -0.2) is 5.84 Å². The second-order valence-corrected chi connectivity index (χ2v) is 5.42. The molecule has 3 N–H and O–H groups in total. The summed E-state index contributed by atoms with van der Waals surface area (Å²) in [6, 6.07) is -0.0753. The summed E-state index contributed by atoms with van der Waals surface area (Å²) >= 11 is 1.96. The Morgan fingerprint density at radius 2 is 2.13 bits per heavy atom. The van der Waals surface area contributed by atoms with Crippen LogP contribution in [0.25, 0.3) is 0 Å². The first-order valence-electron chi connectivity index (χ1n) is 5.49. The van der Waals surface area contributed by atoms with E-state index in [9.17, 15) is 4.79 Å². The summed E-state index contributed by atoms with van der Waals surface area (Å²) in [6.07, 6.45) is 1.16. The molecule has 0 aliphatic carbocycles. The topological polar surface area (TPSA) is 58.4 Å². The smallest absolute Gasteiger partial charge is 0.251 e.